The van der Waals surface area contributed by atoms with Crippen LogP contribution in [-0.4, -0.2) is 38.7 Å². The highest BCUT2D eigenvalue weighted by atomic mass is 15.2. The summed E-state index contributed by atoms with van der Waals surface area (Å²) in [5.74, 6) is 1.49. The second-order valence-corrected chi connectivity index (χ2v) is 6.13. The van der Waals surface area contributed by atoms with E-state index in [-0.39, 0.29) is 0 Å². The molecule has 0 saturated carbocycles. The van der Waals surface area contributed by atoms with Crippen LogP contribution >= 0.6 is 0 Å². The van der Waals surface area contributed by atoms with Crippen LogP contribution in [0.5, 0.6) is 0 Å². The predicted molar refractivity (Wildman–Crippen MR) is 95.0 cm³/mol. The van der Waals surface area contributed by atoms with E-state index in [9.17, 15) is 0 Å². The maximum Gasteiger partial charge on any atom is 0.224 e. The SMILES string of the molecule is Cn1cnc2cc(CNc3ccnc(NC4CCNC4)n3)ccc21. The van der Waals surface area contributed by atoms with Crippen LogP contribution in [0.25, 0.3) is 11.0 Å². The molecule has 4 rings (SSSR count). The molecule has 124 valence electrons. The van der Waals surface area contributed by atoms with Gasteiger partial charge in [-0.05, 0) is 36.7 Å². The summed E-state index contributed by atoms with van der Waals surface area (Å²) in [5, 5.41) is 10.1. The second kappa shape index (κ2) is 6.45. The fourth-order valence-electron chi connectivity index (χ4n) is 2.97. The van der Waals surface area contributed by atoms with Crippen LogP contribution in [-0.2, 0) is 13.6 Å². The van der Waals surface area contributed by atoms with Crippen LogP contribution in [0.1, 0.15) is 12.0 Å². The Morgan fingerprint density at radius 3 is 3.12 bits per heavy atom. The van der Waals surface area contributed by atoms with E-state index in [1.165, 1.54) is 5.56 Å². The molecule has 1 unspecified atom stereocenters. The van der Waals surface area contributed by atoms with Crippen molar-refractivity contribution in [3.63, 3.8) is 0 Å². The lowest BCUT2D eigenvalue weighted by Crippen LogP contribution is -2.23. The first kappa shape index (κ1) is 14.9. The molecule has 24 heavy (non-hydrogen) atoms. The third kappa shape index (κ3) is 3.16. The van der Waals surface area contributed by atoms with E-state index in [0.717, 1.165) is 36.4 Å². The Morgan fingerprint density at radius 2 is 2.25 bits per heavy atom. The Labute approximate surface area is 140 Å². The molecular weight excluding hydrogens is 302 g/mol. The van der Waals surface area contributed by atoms with Gasteiger partial charge >= 0.3 is 0 Å². The van der Waals surface area contributed by atoms with Gasteiger partial charge in [0.25, 0.3) is 0 Å². The summed E-state index contributed by atoms with van der Waals surface area (Å²) in [6, 6.07) is 8.61. The van der Waals surface area contributed by atoms with Gasteiger partial charge in [0.2, 0.25) is 5.95 Å². The highest BCUT2D eigenvalue weighted by Crippen LogP contribution is 2.15. The molecule has 0 amide bonds. The monoisotopic (exact) mass is 323 g/mol. The molecule has 1 aliphatic heterocycles. The molecule has 1 aliphatic rings. The topological polar surface area (TPSA) is 79.7 Å². The number of hydrogen-bond donors (Lipinski definition) is 3. The molecule has 1 saturated heterocycles. The van der Waals surface area contributed by atoms with Crippen LogP contribution in [0.3, 0.4) is 0 Å². The number of aryl methyl sites for hydroxylation is 1. The smallest absolute Gasteiger partial charge is 0.224 e. The molecule has 1 fully saturated rings. The number of anilines is 2. The molecule has 3 N–H and O–H groups in total. The van der Waals surface area contributed by atoms with Crippen molar-refractivity contribution in [3.05, 3.63) is 42.4 Å². The minimum atomic E-state index is 0.409. The Hall–Kier alpha value is -2.67. The van der Waals surface area contributed by atoms with Gasteiger partial charge in [-0.25, -0.2) is 9.97 Å². The van der Waals surface area contributed by atoms with Gasteiger partial charge in [0.1, 0.15) is 5.82 Å². The highest BCUT2D eigenvalue weighted by Gasteiger charge is 2.14. The van der Waals surface area contributed by atoms with Crippen LogP contribution < -0.4 is 16.0 Å². The van der Waals surface area contributed by atoms with E-state index in [0.29, 0.717) is 18.5 Å². The van der Waals surface area contributed by atoms with Crippen LogP contribution in [0.15, 0.2) is 36.8 Å². The number of nitrogens with one attached hydrogen (secondary N) is 3. The fourth-order valence-corrected chi connectivity index (χ4v) is 2.97. The van der Waals surface area contributed by atoms with Crippen molar-refractivity contribution in [2.45, 2.75) is 19.0 Å². The number of benzene rings is 1. The van der Waals surface area contributed by atoms with Crippen LogP contribution in [0, 0.1) is 0 Å². The zero-order valence-electron chi connectivity index (χ0n) is 13.7. The molecule has 0 bridgehead atoms. The first-order chi connectivity index (χ1) is 11.8. The molecule has 1 aromatic carbocycles. The van der Waals surface area contributed by atoms with Gasteiger partial charge in [-0.2, -0.15) is 4.98 Å². The number of nitrogens with zero attached hydrogens (tertiary/aromatic N) is 4. The highest BCUT2D eigenvalue weighted by molar-refractivity contribution is 5.76. The average Bonchev–Trinajstić information content (AvgIpc) is 3.23. The number of hydrogen-bond acceptors (Lipinski definition) is 6. The summed E-state index contributed by atoms with van der Waals surface area (Å²) in [4.78, 5) is 13.2. The molecule has 2 aromatic heterocycles. The quantitative estimate of drug-likeness (QED) is 0.664. The summed E-state index contributed by atoms with van der Waals surface area (Å²) < 4.78 is 2.02. The molecule has 0 radical (unpaired) electrons. The molecule has 0 spiro atoms. The summed E-state index contributed by atoms with van der Waals surface area (Å²) in [6.45, 7) is 2.71. The molecule has 3 aromatic rings. The van der Waals surface area contributed by atoms with E-state index in [2.05, 4.69) is 49.1 Å². The molecule has 1 atom stereocenters. The van der Waals surface area contributed by atoms with Gasteiger partial charge in [0.05, 0.1) is 17.4 Å². The standard InChI is InChI=1S/C17H21N7/c1-24-11-21-14-8-12(2-3-15(14)24)9-20-16-5-7-19-17(23-16)22-13-4-6-18-10-13/h2-3,5,7-8,11,13,18H,4,6,9-10H2,1H3,(H2,19,20,22,23). The molecular formula is C17H21N7. The third-order valence-corrected chi connectivity index (χ3v) is 4.31. The Kier molecular flexibility index (Phi) is 4.00. The number of aromatic nitrogens is 4. The van der Waals surface area contributed by atoms with E-state index < -0.39 is 0 Å². The van der Waals surface area contributed by atoms with Crippen LogP contribution in [0.2, 0.25) is 0 Å². The Morgan fingerprint density at radius 1 is 1.29 bits per heavy atom. The molecule has 7 nitrogen and oxygen atoms in total. The minimum Gasteiger partial charge on any atom is -0.366 e. The number of imidazole rings is 1. The first-order valence-electron chi connectivity index (χ1n) is 8.22. The van der Waals surface area contributed by atoms with Gasteiger partial charge < -0.3 is 20.5 Å². The lowest BCUT2D eigenvalue weighted by Gasteiger charge is -2.12. The number of rotatable bonds is 5. The maximum absolute atomic E-state index is 4.54. The zero-order chi connectivity index (χ0) is 16.4. The van der Waals surface area contributed by atoms with Crippen molar-refractivity contribution < 1.29 is 0 Å². The van der Waals surface area contributed by atoms with Crippen molar-refractivity contribution >= 4 is 22.8 Å². The molecule has 7 heteroatoms. The minimum absolute atomic E-state index is 0.409. The van der Waals surface area contributed by atoms with Crippen LogP contribution in [0.4, 0.5) is 11.8 Å². The lowest BCUT2D eigenvalue weighted by molar-refractivity contribution is 0.780. The molecule has 3 heterocycles. The van der Waals surface area contributed by atoms with Crippen molar-refractivity contribution in [1.82, 2.24) is 24.8 Å². The van der Waals surface area contributed by atoms with Gasteiger partial charge in [-0.1, -0.05) is 6.07 Å². The summed E-state index contributed by atoms with van der Waals surface area (Å²) in [6.07, 6.45) is 4.72. The lowest BCUT2D eigenvalue weighted by atomic mass is 10.2. The third-order valence-electron chi connectivity index (χ3n) is 4.31. The van der Waals surface area contributed by atoms with E-state index in [1.54, 1.807) is 6.20 Å². The van der Waals surface area contributed by atoms with Crippen molar-refractivity contribution in [2.24, 2.45) is 7.05 Å². The number of fused-ring (bicyclic) bond motifs is 1. The normalized spacial score (nSPS) is 17.3. The van der Waals surface area contributed by atoms with E-state index >= 15 is 0 Å². The summed E-state index contributed by atoms with van der Waals surface area (Å²) in [5.41, 5.74) is 3.32. The van der Waals surface area contributed by atoms with Gasteiger partial charge in [0, 0.05) is 32.4 Å². The Balaban J connectivity index is 1.42. The van der Waals surface area contributed by atoms with Gasteiger partial charge in [0.15, 0.2) is 0 Å². The van der Waals surface area contributed by atoms with Crippen molar-refractivity contribution in [3.8, 4) is 0 Å². The summed E-state index contributed by atoms with van der Waals surface area (Å²) >= 11 is 0. The maximum atomic E-state index is 4.54. The van der Waals surface area contributed by atoms with Gasteiger partial charge in [-0.15, -0.1) is 0 Å². The predicted octanol–water partition coefficient (Wildman–Crippen LogP) is 1.75. The van der Waals surface area contributed by atoms with E-state index in [1.807, 2.05) is 24.0 Å². The fraction of sp³-hybridized carbons (Fsp3) is 0.353. The van der Waals surface area contributed by atoms with E-state index in [4.69, 9.17) is 0 Å². The molecule has 0 aliphatic carbocycles. The van der Waals surface area contributed by atoms with Gasteiger partial charge in [-0.3, -0.25) is 0 Å². The first-order valence-corrected chi connectivity index (χ1v) is 8.22. The summed E-state index contributed by atoms with van der Waals surface area (Å²) in [7, 11) is 2.00. The van der Waals surface area contributed by atoms with Crippen molar-refractivity contribution in [1.29, 1.82) is 0 Å². The zero-order valence-corrected chi connectivity index (χ0v) is 13.7. The van der Waals surface area contributed by atoms with Crippen molar-refractivity contribution in [2.75, 3.05) is 23.7 Å². The average molecular weight is 323 g/mol. The second-order valence-electron chi connectivity index (χ2n) is 6.13. The Bertz CT molecular complexity index is 836. The largest absolute Gasteiger partial charge is 0.366 e.